The topological polar surface area (TPSA) is 35.3 Å². The first kappa shape index (κ1) is 9.55. The van der Waals surface area contributed by atoms with E-state index in [1.807, 2.05) is 12.1 Å². The molecule has 0 aliphatic carbocycles. The van der Waals surface area contributed by atoms with E-state index in [-0.39, 0.29) is 11.3 Å². The molecule has 3 nitrogen and oxygen atoms in total. The largest absolute Gasteiger partial charge is 0.411 e. The first-order valence-electron chi connectivity index (χ1n) is 3.79. The van der Waals surface area contributed by atoms with Gasteiger partial charge in [-0.05, 0) is 35.9 Å². The number of oxazole rings is 1. The second-order valence-electron chi connectivity index (χ2n) is 2.49. The van der Waals surface area contributed by atoms with Crippen LogP contribution in [-0.4, -0.2) is 4.98 Å². The molecule has 1 aromatic heterocycles. The van der Waals surface area contributed by atoms with Crippen LogP contribution in [0.5, 0.6) is 11.8 Å². The molecule has 0 spiro atoms. The summed E-state index contributed by atoms with van der Waals surface area (Å²) >= 11 is 8.85. The van der Waals surface area contributed by atoms with Crippen LogP contribution in [0.1, 0.15) is 0 Å². The van der Waals surface area contributed by atoms with Crippen molar-refractivity contribution in [3.05, 3.63) is 40.2 Å². The number of benzene rings is 1. The third kappa shape index (κ3) is 2.27. The van der Waals surface area contributed by atoms with Gasteiger partial charge in [-0.3, -0.25) is 0 Å². The summed E-state index contributed by atoms with van der Waals surface area (Å²) in [6.07, 6.45) is 1.52. The zero-order chi connectivity index (χ0) is 9.97. The smallest absolute Gasteiger partial charge is 0.400 e. The van der Waals surface area contributed by atoms with Gasteiger partial charge in [-0.15, -0.1) is 0 Å². The predicted octanol–water partition coefficient (Wildman–Crippen LogP) is 3.88. The van der Waals surface area contributed by atoms with E-state index in [4.69, 9.17) is 20.8 Å². The number of aromatic nitrogens is 1. The van der Waals surface area contributed by atoms with E-state index in [2.05, 4.69) is 20.9 Å². The minimum absolute atomic E-state index is 0.136. The first-order chi connectivity index (χ1) is 6.74. The maximum absolute atomic E-state index is 5.54. The number of rotatable bonds is 2. The fraction of sp³-hybridized carbons (Fsp3) is 0. The number of nitrogens with zero attached hydrogens (tertiary/aromatic N) is 1. The van der Waals surface area contributed by atoms with Crippen molar-refractivity contribution in [2.75, 3.05) is 0 Å². The Balaban J connectivity index is 2.15. The van der Waals surface area contributed by atoms with Crippen LogP contribution in [0.2, 0.25) is 5.22 Å². The average Bonchev–Trinajstić information content (AvgIpc) is 2.56. The molecule has 5 heteroatoms. The summed E-state index contributed by atoms with van der Waals surface area (Å²) in [4.78, 5) is 3.80. The van der Waals surface area contributed by atoms with E-state index in [1.54, 1.807) is 12.1 Å². The molecule has 1 aromatic carbocycles. The van der Waals surface area contributed by atoms with Gasteiger partial charge in [0.05, 0.1) is 6.20 Å². The second-order valence-corrected chi connectivity index (χ2v) is 3.77. The molecule has 0 aliphatic heterocycles. The molecule has 0 fully saturated rings. The number of halogens is 2. The van der Waals surface area contributed by atoms with Crippen molar-refractivity contribution in [2.45, 2.75) is 0 Å². The summed E-state index contributed by atoms with van der Waals surface area (Å²) in [5.74, 6) is 0.645. The molecule has 2 aromatic rings. The number of hydrogen-bond acceptors (Lipinski definition) is 3. The van der Waals surface area contributed by atoms with Crippen LogP contribution in [0.15, 0.2) is 39.4 Å². The van der Waals surface area contributed by atoms with Gasteiger partial charge in [-0.1, -0.05) is 15.9 Å². The first-order valence-corrected chi connectivity index (χ1v) is 4.96. The van der Waals surface area contributed by atoms with Crippen molar-refractivity contribution < 1.29 is 9.15 Å². The second kappa shape index (κ2) is 4.02. The van der Waals surface area contributed by atoms with E-state index in [9.17, 15) is 0 Å². The van der Waals surface area contributed by atoms with Gasteiger partial charge in [0.25, 0.3) is 0 Å². The van der Waals surface area contributed by atoms with Crippen LogP contribution in [-0.2, 0) is 0 Å². The fourth-order valence-corrected chi connectivity index (χ4v) is 1.27. The number of ether oxygens (including phenoxy) is 1. The Morgan fingerprint density at radius 2 is 2.00 bits per heavy atom. The van der Waals surface area contributed by atoms with Gasteiger partial charge in [0, 0.05) is 4.47 Å². The number of hydrogen-bond donors (Lipinski definition) is 0. The predicted molar refractivity (Wildman–Crippen MR) is 55.7 cm³/mol. The Hall–Kier alpha value is -1.00. The van der Waals surface area contributed by atoms with Crippen molar-refractivity contribution in [2.24, 2.45) is 0 Å². The summed E-state index contributed by atoms with van der Waals surface area (Å²) in [5.41, 5.74) is 0. The van der Waals surface area contributed by atoms with E-state index in [0.717, 1.165) is 4.47 Å². The minimum Gasteiger partial charge on any atom is -0.411 e. The van der Waals surface area contributed by atoms with Gasteiger partial charge in [0.2, 0.25) is 5.22 Å². The zero-order valence-corrected chi connectivity index (χ0v) is 9.25. The molecule has 1 heterocycles. The maximum atomic E-state index is 5.54. The monoisotopic (exact) mass is 273 g/mol. The Bertz CT molecular complexity index is 427. The van der Waals surface area contributed by atoms with Crippen LogP contribution in [0.4, 0.5) is 0 Å². The van der Waals surface area contributed by atoms with Crippen molar-refractivity contribution >= 4 is 27.5 Å². The van der Waals surface area contributed by atoms with Crippen molar-refractivity contribution in [1.29, 1.82) is 0 Å². The fourth-order valence-electron chi connectivity index (χ4n) is 0.890. The minimum atomic E-state index is 0.136. The highest BCUT2D eigenvalue weighted by Crippen LogP contribution is 2.24. The molecule has 0 bridgehead atoms. The molecule has 0 amide bonds. The quantitative estimate of drug-likeness (QED) is 0.833. The molecule has 0 N–H and O–H groups in total. The van der Waals surface area contributed by atoms with Gasteiger partial charge >= 0.3 is 6.08 Å². The molecular weight excluding hydrogens is 269 g/mol. The van der Waals surface area contributed by atoms with Crippen molar-refractivity contribution in [3.8, 4) is 11.8 Å². The molecule has 72 valence electrons. The van der Waals surface area contributed by atoms with E-state index < -0.39 is 0 Å². The van der Waals surface area contributed by atoms with Crippen LogP contribution in [0, 0.1) is 0 Å². The Morgan fingerprint density at radius 1 is 1.29 bits per heavy atom. The molecule has 0 aliphatic rings. The summed E-state index contributed by atoms with van der Waals surface area (Å²) in [7, 11) is 0. The lowest BCUT2D eigenvalue weighted by molar-refractivity contribution is 0.331. The molecular formula is C9H5BrClNO2. The van der Waals surface area contributed by atoms with Crippen LogP contribution in [0.25, 0.3) is 0 Å². The molecule has 0 radical (unpaired) electrons. The maximum Gasteiger partial charge on any atom is 0.400 e. The Kier molecular flexibility index (Phi) is 2.74. The lowest BCUT2D eigenvalue weighted by Gasteiger charge is -1.99. The molecule has 14 heavy (non-hydrogen) atoms. The van der Waals surface area contributed by atoms with Crippen LogP contribution in [0.3, 0.4) is 0 Å². The Morgan fingerprint density at radius 3 is 2.57 bits per heavy atom. The van der Waals surface area contributed by atoms with Gasteiger partial charge in [-0.2, -0.15) is 4.98 Å². The van der Waals surface area contributed by atoms with Gasteiger partial charge < -0.3 is 9.15 Å². The highest BCUT2D eigenvalue weighted by atomic mass is 79.9. The summed E-state index contributed by atoms with van der Waals surface area (Å²) in [6.45, 7) is 0. The van der Waals surface area contributed by atoms with E-state index in [0.29, 0.717) is 5.75 Å². The SMILES string of the molecule is Clc1cnc(Oc2ccc(Br)cc2)o1. The normalized spacial score (nSPS) is 10.1. The van der Waals surface area contributed by atoms with Gasteiger partial charge in [0.15, 0.2) is 0 Å². The third-order valence-electron chi connectivity index (χ3n) is 1.48. The standard InChI is InChI=1S/C9H5BrClNO2/c10-6-1-3-7(4-2-6)13-9-12-5-8(11)14-9/h1-5H. The van der Waals surface area contributed by atoms with E-state index >= 15 is 0 Å². The highest BCUT2D eigenvalue weighted by molar-refractivity contribution is 9.10. The van der Waals surface area contributed by atoms with Gasteiger partial charge in [0.1, 0.15) is 5.75 Å². The third-order valence-corrected chi connectivity index (χ3v) is 2.18. The molecule has 0 unspecified atom stereocenters. The molecule has 0 atom stereocenters. The summed E-state index contributed by atoms with van der Waals surface area (Å²) in [5, 5.41) is 0.206. The Labute approximate surface area is 93.8 Å². The molecule has 0 saturated carbocycles. The lowest BCUT2D eigenvalue weighted by Crippen LogP contribution is -1.82. The van der Waals surface area contributed by atoms with Crippen molar-refractivity contribution in [1.82, 2.24) is 4.98 Å². The molecule has 0 saturated heterocycles. The van der Waals surface area contributed by atoms with Crippen LogP contribution < -0.4 is 4.74 Å². The van der Waals surface area contributed by atoms with Crippen molar-refractivity contribution in [3.63, 3.8) is 0 Å². The summed E-state index contributed by atoms with van der Waals surface area (Å²) < 4.78 is 11.2. The van der Waals surface area contributed by atoms with Gasteiger partial charge in [-0.25, -0.2) is 0 Å². The van der Waals surface area contributed by atoms with Crippen LogP contribution >= 0.6 is 27.5 Å². The average molecular weight is 275 g/mol. The lowest BCUT2D eigenvalue weighted by atomic mass is 10.3. The molecule has 2 rings (SSSR count). The zero-order valence-electron chi connectivity index (χ0n) is 6.91. The summed E-state index contributed by atoms with van der Waals surface area (Å²) in [6, 6.07) is 7.31. The van der Waals surface area contributed by atoms with E-state index in [1.165, 1.54) is 6.20 Å². The highest BCUT2D eigenvalue weighted by Gasteiger charge is 2.03.